The molecule has 0 saturated heterocycles. The Morgan fingerprint density at radius 1 is 1.12 bits per heavy atom. The summed E-state index contributed by atoms with van der Waals surface area (Å²) in [5, 5.41) is 3.39. The van der Waals surface area contributed by atoms with Gasteiger partial charge >= 0.3 is 0 Å². The molecule has 0 heterocycles. The van der Waals surface area contributed by atoms with Gasteiger partial charge in [-0.05, 0) is 61.9 Å². The molecule has 2 aromatic rings. The number of nitrogens with one attached hydrogen (secondary N) is 1. The summed E-state index contributed by atoms with van der Waals surface area (Å²) in [5.74, 6) is 1.08. The van der Waals surface area contributed by atoms with E-state index in [0.717, 1.165) is 5.56 Å². The molecule has 5 heteroatoms. The smallest absolute Gasteiger partial charge is 0.248 e. The zero-order valence-electron chi connectivity index (χ0n) is 13.9. The van der Waals surface area contributed by atoms with Gasteiger partial charge in [0.15, 0.2) is 11.5 Å². The van der Waals surface area contributed by atoms with E-state index < -0.39 is 0 Å². The molecule has 2 rings (SSSR count). The standard InChI is InChI=1S/C19H20ClNO3/c1-13(2)24-17-10-4-14(12-18(17)23-3)5-11-19(22)21-16-8-6-15(20)7-9-16/h4-13H,1-3H3,(H,21,22). The second-order valence-corrected chi connectivity index (χ2v) is 5.84. The topological polar surface area (TPSA) is 47.6 Å². The van der Waals surface area contributed by atoms with Crippen LogP contribution in [0.25, 0.3) is 6.08 Å². The van der Waals surface area contributed by atoms with E-state index in [1.807, 2.05) is 32.0 Å². The summed E-state index contributed by atoms with van der Waals surface area (Å²) in [4.78, 5) is 12.0. The lowest BCUT2D eigenvalue weighted by Crippen LogP contribution is -2.07. The second-order valence-electron chi connectivity index (χ2n) is 5.41. The summed E-state index contributed by atoms with van der Waals surface area (Å²) in [5.41, 5.74) is 1.53. The van der Waals surface area contributed by atoms with Crippen molar-refractivity contribution < 1.29 is 14.3 Å². The van der Waals surface area contributed by atoms with Crippen LogP contribution in [0.3, 0.4) is 0 Å². The summed E-state index contributed by atoms with van der Waals surface area (Å²) < 4.78 is 11.0. The first-order chi connectivity index (χ1) is 11.5. The zero-order chi connectivity index (χ0) is 17.5. The van der Waals surface area contributed by atoms with Crippen LogP contribution in [-0.2, 0) is 4.79 Å². The maximum Gasteiger partial charge on any atom is 0.248 e. The molecule has 0 aliphatic carbocycles. The maximum atomic E-state index is 12.0. The summed E-state index contributed by atoms with van der Waals surface area (Å²) in [6, 6.07) is 12.5. The molecule has 2 aromatic carbocycles. The number of methoxy groups -OCH3 is 1. The third-order valence-corrected chi connectivity index (χ3v) is 3.34. The number of halogens is 1. The van der Waals surface area contributed by atoms with Crippen LogP contribution >= 0.6 is 11.6 Å². The molecular formula is C19H20ClNO3. The minimum Gasteiger partial charge on any atom is -0.493 e. The fourth-order valence-electron chi connectivity index (χ4n) is 2.03. The van der Waals surface area contributed by atoms with Gasteiger partial charge in [-0.1, -0.05) is 17.7 Å². The Hall–Kier alpha value is -2.46. The molecule has 0 aromatic heterocycles. The van der Waals surface area contributed by atoms with E-state index in [-0.39, 0.29) is 12.0 Å². The lowest BCUT2D eigenvalue weighted by atomic mass is 10.2. The van der Waals surface area contributed by atoms with Crippen molar-refractivity contribution >= 4 is 29.3 Å². The fourth-order valence-corrected chi connectivity index (χ4v) is 2.15. The SMILES string of the molecule is COc1cc(C=CC(=O)Nc2ccc(Cl)cc2)ccc1OC(C)C. The Balaban J connectivity index is 2.05. The van der Waals surface area contributed by atoms with Crippen molar-refractivity contribution in [1.29, 1.82) is 0 Å². The molecule has 0 bridgehead atoms. The third kappa shape index (κ3) is 5.32. The van der Waals surface area contributed by atoms with Gasteiger partial charge in [0.1, 0.15) is 0 Å². The number of amides is 1. The first-order valence-corrected chi connectivity index (χ1v) is 7.95. The summed E-state index contributed by atoms with van der Waals surface area (Å²) in [7, 11) is 1.59. The molecule has 1 amide bonds. The van der Waals surface area contributed by atoms with Gasteiger partial charge in [-0.15, -0.1) is 0 Å². The normalized spacial score (nSPS) is 10.9. The third-order valence-electron chi connectivity index (χ3n) is 3.09. The molecule has 0 fully saturated rings. The van der Waals surface area contributed by atoms with Crippen LogP contribution in [-0.4, -0.2) is 19.1 Å². The predicted octanol–water partition coefficient (Wildman–Crippen LogP) is 4.79. The van der Waals surface area contributed by atoms with Crippen molar-refractivity contribution in [2.75, 3.05) is 12.4 Å². The molecule has 0 spiro atoms. The Bertz CT molecular complexity index is 724. The first kappa shape index (κ1) is 17.9. The lowest BCUT2D eigenvalue weighted by molar-refractivity contribution is -0.111. The van der Waals surface area contributed by atoms with E-state index in [1.54, 1.807) is 37.5 Å². The van der Waals surface area contributed by atoms with E-state index in [1.165, 1.54) is 6.08 Å². The largest absolute Gasteiger partial charge is 0.493 e. The molecule has 24 heavy (non-hydrogen) atoms. The molecule has 0 radical (unpaired) electrons. The van der Waals surface area contributed by atoms with Crippen LogP contribution in [0.1, 0.15) is 19.4 Å². The molecule has 0 aliphatic heterocycles. The summed E-state index contributed by atoms with van der Waals surface area (Å²) in [6.07, 6.45) is 3.24. The van der Waals surface area contributed by atoms with Crippen molar-refractivity contribution in [1.82, 2.24) is 0 Å². The van der Waals surface area contributed by atoms with Crippen molar-refractivity contribution in [2.45, 2.75) is 20.0 Å². The van der Waals surface area contributed by atoms with Gasteiger partial charge < -0.3 is 14.8 Å². The highest BCUT2D eigenvalue weighted by Gasteiger charge is 2.06. The molecule has 0 saturated carbocycles. The number of hydrogen-bond donors (Lipinski definition) is 1. The zero-order valence-corrected chi connectivity index (χ0v) is 14.6. The Labute approximate surface area is 147 Å². The van der Waals surface area contributed by atoms with E-state index in [2.05, 4.69) is 5.32 Å². The van der Waals surface area contributed by atoms with Crippen LogP contribution in [0.15, 0.2) is 48.5 Å². The van der Waals surface area contributed by atoms with Crippen LogP contribution in [0.5, 0.6) is 11.5 Å². The molecular weight excluding hydrogens is 326 g/mol. The number of benzene rings is 2. The van der Waals surface area contributed by atoms with Gasteiger partial charge in [0.25, 0.3) is 0 Å². The average molecular weight is 346 g/mol. The Morgan fingerprint density at radius 3 is 2.46 bits per heavy atom. The highest BCUT2D eigenvalue weighted by molar-refractivity contribution is 6.30. The highest BCUT2D eigenvalue weighted by Crippen LogP contribution is 2.29. The minimum atomic E-state index is -0.223. The van der Waals surface area contributed by atoms with E-state index >= 15 is 0 Å². The molecule has 0 aliphatic rings. The van der Waals surface area contributed by atoms with Crippen LogP contribution in [0, 0.1) is 0 Å². The predicted molar refractivity (Wildman–Crippen MR) is 97.9 cm³/mol. The van der Waals surface area contributed by atoms with Crippen molar-refractivity contribution in [3.8, 4) is 11.5 Å². The van der Waals surface area contributed by atoms with Crippen LogP contribution in [0.4, 0.5) is 5.69 Å². The van der Waals surface area contributed by atoms with E-state index in [4.69, 9.17) is 21.1 Å². The monoisotopic (exact) mass is 345 g/mol. The Morgan fingerprint density at radius 2 is 1.83 bits per heavy atom. The minimum absolute atomic E-state index is 0.0606. The van der Waals surface area contributed by atoms with Gasteiger partial charge in [0.2, 0.25) is 5.91 Å². The number of hydrogen-bond acceptors (Lipinski definition) is 3. The van der Waals surface area contributed by atoms with Gasteiger partial charge in [0, 0.05) is 16.8 Å². The number of anilines is 1. The Kier molecular flexibility index (Phi) is 6.27. The quantitative estimate of drug-likeness (QED) is 0.766. The molecule has 0 atom stereocenters. The number of carbonyl (C=O) groups is 1. The van der Waals surface area contributed by atoms with E-state index in [0.29, 0.717) is 22.2 Å². The molecule has 4 nitrogen and oxygen atoms in total. The van der Waals surface area contributed by atoms with Gasteiger partial charge in [0.05, 0.1) is 13.2 Å². The van der Waals surface area contributed by atoms with Crippen molar-refractivity contribution in [3.05, 3.63) is 59.1 Å². The second kappa shape index (κ2) is 8.41. The number of ether oxygens (including phenoxy) is 2. The van der Waals surface area contributed by atoms with Gasteiger partial charge in [-0.2, -0.15) is 0 Å². The molecule has 126 valence electrons. The summed E-state index contributed by atoms with van der Waals surface area (Å²) >= 11 is 5.81. The molecule has 1 N–H and O–H groups in total. The number of carbonyl (C=O) groups excluding carboxylic acids is 1. The van der Waals surface area contributed by atoms with E-state index in [9.17, 15) is 4.79 Å². The van der Waals surface area contributed by atoms with Gasteiger partial charge in [-0.3, -0.25) is 4.79 Å². The van der Waals surface area contributed by atoms with Crippen molar-refractivity contribution in [2.24, 2.45) is 0 Å². The average Bonchev–Trinajstić information content (AvgIpc) is 2.55. The lowest BCUT2D eigenvalue weighted by Gasteiger charge is -2.13. The maximum absolute atomic E-state index is 12.0. The van der Waals surface area contributed by atoms with Crippen LogP contribution in [0.2, 0.25) is 5.02 Å². The first-order valence-electron chi connectivity index (χ1n) is 7.57. The highest BCUT2D eigenvalue weighted by atomic mass is 35.5. The fraction of sp³-hybridized carbons (Fsp3) is 0.211. The summed E-state index contributed by atoms with van der Waals surface area (Å²) in [6.45, 7) is 3.91. The van der Waals surface area contributed by atoms with Gasteiger partial charge in [-0.25, -0.2) is 0 Å². The molecule has 0 unspecified atom stereocenters. The van der Waals surface area contributed by atoms with Crippen molar-refractivity contribution in [3.63, 3.8) is 0 Å². The van der Waals surface area contributed by atoms with Crippen LogP contribution < -0.4 is 14.8 Å². The number of rotatable bonds is 6.